The molecule has 0 aromatic carbocycles. The van der Waals surface area contributed by atoms with E-state index in [9.17, 15) is 14.4 Å². The molecular formula is C19H28N2O4. The van der Waals surface area contributed by atoms with Gasteiger partial charge in [-0.2, -0.15) is 0 Å². The Hall–Kier alpha value is -1.85. The van der Waals surface area contributed by atoms with Gasteiger partial charge < -0.3 is 10.1 Å². The number of nitrogens with one attached hydrogen (secondary N) is 1. The summed E-state index contributed by atoms with van der Waals surface area (Å²) in [5, 5.41) is 2.86. The Labute approximate surface area is 149 Å². The number of carbonyl (C=O) groups excluding carboxylic acids is 3. The number of nitrogens with zero attached hydrogens (tertiary/aromatic N) is 1. The molecule has 138 valence electrons. The molecule has 1 aliphatic heterocycles. The van der Waals surface area contributed by atoms with E-state index >= 15 is 0 Å². The summed E-state index contributed by atoms with van der Waals surface area (Å²) in [6.45, 7) is 4.19. The van der Waals surface area contributed by atoms with E-state index in [1.54, 1.807) is 0 Å². The van der Waals surface area contributed by atoms with Gasteiger partial charge in [0.15, 0.2) is 0 Å². The van der Waals surface area contributed by atoms with Crippen molar-refractivity contribution in [1.82, 2.24) is 10.2 Å². The average molecular weight is 348 g/mol. The molecule has 3 aliphatic rings. The molecule has 0 aromatic heterocycles. The van der Waals surface area contributed by atoms with Crippen LogP contribution in [0.2, 0.25) is 0 Å². The van der Waals surface area contributed by atoms with E-state index < -0.39 is 17.5 Å². The number of esters is 1. The van der Waals surface area contributed by atoms with E-state index in [2.05, 4.69) is 24.4 Å². The van der Waals surface area contributed by atoms with Crippen LogP contribution in [0, 0.1) is 17.8 Å². The van der Waals surface area contributed by atoms with Crippen LogP contribution < -0.4 is 5.32 Å². The molecule has 4 unspecified atom stereocenters. The van der Waals surface area contributed by atoms with Crippen LogP contribution in [0.3, 0.4) is 0 Å². The second-order valence-corrected chi connectivity index (χ2v) is 7.80. The number of ether oxygens (including phenoxy) is 1. The molecule has 4 atom stereocenters. The van der Waals surface area contributed by atoms with Crippen molar-refractivity contribution in [3.05, 3.63) is 12.2 Å². The lowest BCUT2D eigenvalue weighted by molar-refractivity contribution is -0.150. The summed E-state index contributed by atoms with van der Waals surface area (Å²) >= 11 is 0. The molecule has 6 heteroatoms. The Balaban J connectivity index is 1.57. The van der Waals surface area contributed by atoms with Gasteiger partial charge in [0.2, 0.25) is 0 Å². The van der Waals surface area contributed by atoms with E-state index in [1.165, 1.54) is 0 Å². The maximum atomic E-state index is 12.8. The van der Waals surface area contributed by atoms with Crippen molar-refractivity contribution in [2.24, 2.45) is 17.8 Å². The van der Waals surface area contributed by atoms with Crippen LogP contribution in [0.15, 0.2) is 12.2 Å². The summed E-state index contributed by atoms with van der Waals surface area (Å²) < 4.78 is 5.37. The van der Waals surface area contributed by atoms with Gasteiger partial charge in [-0.15, -0.1) is 0 Å². The number of hydrogen-bond donors (Lipinski definition) is 1. The molecule has 1 N–H and O–H groups in total. The maximum absolute atomic E-state index is 12.8. The second kappa shape index (κ2) is 7.18. The largest absolute Gasteiger partial charge is 0.464 e. The summed E-state index contributed by atoms with van der Waals surface area (Å²) in [6, 6.07) is -0.468. The molecule has 0 radical (unpaired) electrons. The molecule has 1 spiro atoms. The minimum Gasteiger partial charge on any atom is -0.464 e. The Bertz CT molecular complexity index is 588. The van der Waals surface area contributed by atoms with E-state index in [0.717, 1.165) is 37.0 Å². The smallest absolute Gasteiger partial charge is 0.326 e. The molecule has 1 saturated heterocycles. The quantitative estimate of drug-likeness (QED) is 0.481. The number of allylic oxidation sites excluding steroid dienone is 2. The topological polar surface area (TPSA) is 75.7 Å². The first-order valence-electron chi connectivity index (χ1n) is 9.39. The summed E-state index contributed by atoms with van der Waals surface area (Å²) in [4.78, 5) is 38.3. The van der Waals surface area contributed by atoms with Gasteiger partial charge >= 0.3 is 12.0 Å². The SMILES string of the molecule is CC1CC=CCC1COC(=O)CN1C(=O)NC2(CCCCC2C)C1=O. The summed E-state index contributed by atoms with van der Waals surface area (Å²) in [6.07, 6.45) is 9.72. The minimum absolute atomic E-state index is 0.0913. The number of carbonyl (C=O) groups is 3. The van der Waals surface area contributed by atoms with Crippen LogP contribution in [0.5, 0.6) is 0 Å². The van der Waals surface area contributed by atoms with E-state index in [4.69, 9.17) is 4.74 Å². The zero-order chi connectivity index (χ0) is 18.0. The van der Waals surface area contributed by atoms with Gasteiger partial charge in [0.25, 0.3) is 5.91 Å². The lowest BCUT2D eigenvalue weighted by Gasteiger charge is -2.36. The number of rotatable bonds is 4. The number of imide groups is 1. The normalized spacial score (nSPS) is 35.1. The van der Waals surface area contributed by atoms with Gasteiger partial charge in [0.1, 0.15) is 12.1 Å². The summed E-state index contributed by atoms with van der Waals surface area (Å²) in [5.74, 6) is 0.0950. The monoisotopic (exact) mass is 348 g/mol. The highest BCUT2D eigenvalue weighted by Crippen LogP contribution is 2.38. The highest BCUT2D eigenvalue weighted by atomic mass is 16.5. The fourth-order valence-corrected chi connectivity index (χ4v) is 4.25. The molecule has 1 saturated carbocycles. The van der Waals surface area contributed by atoms with Crippen LogP contribution in [-0.2, 0) is 14.3 Å². The van der Waals surface area contributed by atoms with Crippen molar-refractivity contribution in [2.75, 3.05) is 13.2 Å². The fourth-order valence-electron chi connectivity index (χ4n) is 4.25. The van der Waals surface area contributed by atoms with Gasteiger partial charge in [0, 0.05) is 0 Å². The van der Waals surface area contributed by atoms with Crippen LogP contribution in [0.4, 0.5) is 4.79 Å². The van der Waals surface area contributed by atoms with Crippen molar-refractivity contribution in [3.63, 3.8) is 0 Å². The van der Waals surface area contributed by atoms with Crippen LogP contribution in [0.25, 0.3) is 0 Å². The van der Waals surface area contributed by atoms with E-state index in [-0.39, 0.29) is 18.4 Å². The molecule has 6 nitrogen and oxygen atoms in total. The molecule has 2 aliphatic carbocycles. The van der Waals surface area contributed by atoms with Gasteiger partial charge in [-0.05, 0) is 43.4 Å². The Morgan fingerprint density at radius 2 is 2.04 bits per heavy atom. The highest BCUT2D eigenvalue weighted by molar-refractivity contribution is 6.08. The maximum Gasteiger partial charge on any atom is 0.326 e. The third-order valence-corrected chi connectivity index (χ3v) is 6.17. The van der Waals surface area contributed by atoms with Gasteiger partial charge in [-0.3, -0.25) is 14.5 Å². The molecule has 0 bridgehead atoms. The molecular weight excluding hydrogens is 320 g/mol. The molecule has 25 heavy (non-hydrogen) atoms. The first kappa shape index (κ1) is 18.0. The van der Waals surface area contributed by atoms with Gasteiger partial charge in [-0.25, -0.2) is 4.79 Å². The lowest BCUT2D eigenvalue weighted by Crippen LogP contribution is -2.54. The first-order valence-corrected chi connectivity index (χ1v) is 9.39. The van der Waals surface area contributed by atoms with Gasteiger partial charge in [-0.1, -0.05) is 38.8 Å². The number of urea groups is 1. The number of hydrogen-bond acceptors (Lipinski definition) is 4. The zero-order valence-electron chi connectivity index (χ0n) is 15.1. The van der Waals surface area contributed by atoms with Crippen molar-refractivity contribution in [1.29, 1.82) is 0 Å². The van der Waals surface area contributed by atoms with Crippen molar-refractivity contribution in [2.45, 2.75) is 57.9 Å². The van der Waals surface area contributed by atoms with E-state index in [0.29, 0.717) is 24.9 Å². The van der Waals surface area contributed by atoms with Crippen molar-refractivity contribution < 1.29 is 19.1 Å². The molecule has 3 amide bonds. The molecule has 2 fully saturated rings. The summed E-state index contributed by atoms with van der Waals surface area (Å²) in [5.41, 5.74) is -0.821. The third kappa shape index (κ3) is 3.44. The van der Waals surface area contributed by atoms with Crippen molar-refractivity contribution in [3.8, 4) is 0 Å². The Morgan fingerprint density at radius 3 is 2.76 bits per heavy atom. The van der Waals surface area contributed by atoms with Crippen LogP contribution in [0.1, 0.15) is 52.4 Å². The second-order valence-electron chi connectivity index (χ2n) is 7.80. The average Bonchev–Trinajstić information content (AvgIpc) is 2.82. The van der Waals surface area contributed by atoms with Crippen LogP contribution in [-0.4, -0.2) is 41.5 Å². The zero-order valence-corrected chi connectivity index (χ0v) is 15.1. The first-order chi connectivity index (χ1) is 11.9. The summed E-state index contributed by atoms with van der Waals surface area (Å²) in [7, 11) is 0. The van der Waals surface area contributed by atoms with Crippen molar-refractivity contribution >= 4 is 17.9 Å². The minimum atomic E-state index is -0.821. The highest BCUT2D eigenvalue weighted by Gasteiger charge is 2.55. The predicted octanol–water partition coefficient (Wildman–Crippen LogP) is 2.63. The lowest BCUT2D eigenvalue weighted by atomic mass is 9.73. The standard InChI is InChI=1S/C19H28N2O4/c1-13-7-3-4-9-15(13)12-25-16(22)11-21-17(23)19(20-18(21)24)10-6-5-8-14(19)2/h3-4,13-15H,5-12H2,1-2H3,(H,20,24). The van der Waals surface area contributed by atoms with E-state index in [1.807, 2.05) is 6.92 Å². The Morgan fingerprint density at radius 1 is 1.28 bits per heavy atom. The molecule has 0 aromatic rings. The molecule has 1 heterocycles. The van der Waals surface area contributed by atoms with Gasteiger partial charge in [0.05, 0.1) is 6.61 Å². The van der Waals surface area contributed by atoms with Crippen LogP contribution >= 0.6 is 0 Å². The predicted molar refractivity (Wildman–Crippen MR) is 92.6 cm³/mol. The number of amides is 3. The Kier molecular flexibility index (Phi) is 5.16. The third-order valence-electron chi connectivity index (χ3n) is 6.17. The molecule has 3 rings (SSSR count). The fraction of sp³-hybridized carbons (Fsp3) is 0.737.